The predicted octanol–water partition coefficient (Wildman–Crippen LogP) is 1.85. The van der Waals surface area contributed by atoms with Gasteiger partial charge in [-0.25, -0.2) is 4.98 Å². The molecule has 0 saturated carbocycles. The van der Waals surface area contributed by atoms with Crippen LogP contribution in [0.25, 0.3) is 22.2 Å². The topological polar surface area (TPSA) is 109 Å². The van der Waals surface area contributed by atoms with E-state index in [1.165, 1.54) is 6.20 Å². The smallest absolute Gasteiger partial charge is 0.314 e. The zero-order chi connectivity index (χ0) is 14.1. The number of benzene rings is 1. The summed E-state index contributed by atoms with van der Waals surface area (Å²) < 4.78 is 0. The third-order valence-corrected chi connectivity index (χ3v) is 2.94. The molecule has 3 rings (SSSR count). The van der Waals surface area contributed by atoms with Gasteiger partial charge < -0.3 is 10.8 Å². The van der Waals surface area contributed by atoms with E-state index in [2.05, 4.69) is 21.0 Å². The van der Waals surface area contributed by atoms with Crippen LogP contribution in [0.15, 0.2) is 36.7 Å². The molecule has 0 fully saturated rings. The molecule has 0 unspecified atom stereocenters. The van der Waals surface area contributed by atoms with Gasteiger partial charge in [-0.15, -0.1) is 0 Å². The molecule has 2 heterocycles. The summed E-state index contributed by atoms with van der Waals surface area (Å²) in [6, 6.07) is 8.69. The summed E-state index contributed by atoms with van der Waals surface area (Å²) in [4.78, 5) is 11.9. The number of nitrogen functional groups attached to an aromatic ring is 1. The molecule has 3 N–H and O–H groups in total. The summed E-state index contributed by atoms with van der Waals surface area (Å²) in [5, 5.41) is 19.2. The van der Waals surface area contributed by atoms with Crippen LogP contribution < -0.4 is 5.73 Å². The third kappa shape index (κ3) is 1.87. The first-order chi connectivity index (χ1) is 9.69. The Morgan fingerprint density at radius 1 is 1.20 bits per heavy atom. The van der Waals surface area contributed by atoms with Gasteiger partial charge >= 0.3 is 6.01 Å². The average Bonchev–Trinajstić information content (AvgIpc) is 2.46. The van der Waals surface area contributed by atoms with Gasteiger partial charge in [-0.3, -0.25) is 4.98 Å². The zero-order valence-corrected chi connectivity index (χ0v) is 10.3. The lowest BCUT2D eigenvalue weighted by Crippen LogP contribution is -1.96. The van der Waals surface area contributed by atoms with Crippen LogP contribution in [0.3, 0.4) is 0 Å². The molecule has 0 spiro atoms. The number of aromatic hydroxyl groups is 1. The molecule has 2 aromatic heterocycles. The largest absolute Gasteiger partial charge is 0.479 e. The van der Waals surface area contributed by atoms with Crippen LogP contribution in [0.5, 0.6) is 6.01 Å². The minimum Gasteiger partial charge on any atom is -0.479 e. The van der Waals surface area contributed by atoms with Crippen LogP contribution in [0.4, 0.5) is 5.69 Å². The lowest BCUT2D eigenvalue weighted by atomic mass is 10.0. The fourth-order valence-electron chi connectivity index (χ4n) is 1.98. The number of nitriles is 1. The van der Waals surface area contributed by atoms with E-state index in [-0.39, 0.29) is 6.01 Å². The summed E-state index contributed by atoms with van der Waals surface area (Å²) in [5.41, 5.74) is 8.39. The Balaban J connectivity index is 2.23. The Bertz CT molecular complexity index is 854. The molecular formula is C14H9N5O. The van der Waals surface area contributed by atoms with Gasteiger partial charge in [0.2, 0.25) is 0 Å². The van der Waals surface area contributed by atoms with Crippen molar-refractivity contribution in [1.29, 1.82) is 5.26 Å². The van der Waals surface area contributed by atoms with E-state index in [0.717, 1.165) is 10.9 Å². The van der Waals surface area contributed by atoms with E-state index in [9.17, 15) is 10.4 Å². The molecule has 0 amide bonds. The quantitative estimate of drug-likeness (QED) is 0.693. The van der Waals surface area contributed by atoms with E-state index in [1.807, 2.05) is 0 Å². The van der Waals surface area contributed by atoms with Gasteiger partial charge in [-0.1, -0.05) is 6.07 Å². The third-order valence-electron chi connectivity index (χ3n) is 2.94. The maximum atomic E-state index is 9.24. The number of aromatic nitrogens is 3. The Labute approximate surface area is 114 Å². The summed E-state index contributed by atoms with van der Waals surface area (Å²) in [6.45, 7) is 0. The second-order valence-corrected chi connectivity index (χ2v) is 4.18. The highest BCUT2D eigenvalue weighted by molar-refractivity contribution is 5.85. The number of fused-ring (bicyclic) bond motifs is 1. The van der Waals surface area contributed by atoms with Crippen molar-refractivity contribution >= 4 is 16.6 Å². The molecule has 1 aromatic carbocycles. The van der Waals surface area contributed by atoms with E-state index < -0.39 is 0 Å². The van der Waals surface area contributed by atoms with Gasteiger partial charge in [-0.05, 0) is 18.2 Å². The molecule has 20 heavy (non-hydrogen) atoms. The normalized spacial score (nSPS) is 10.3. The highest BCUT2D eigenvalue weighted by Gasteiger charge is 2.10. The van der Waals surface area contributed by atoms with Crippen molar-refractivity contribution < 1.29 is 5.11 Å². The standard InChI is InChI=1S/C14H9N5O/c15-6-10-11(16)3-4-17-13(10)8-1-2-12-9(5-8)7-18-14(20)19-12/h1-5,7H,(H2,16,17)(H,18,19,20). The first-order valence-corrected chi connectivity index (χ1v) is 5.80. The maximum absolute atomic E-state index is 9.24. The maximum Gasteiger partial charge on any atom is 0.314 e. The lowest BCUT2D eigenvalue weighted by molar-refractivity contribution is 0.433. The Morgan fingerprint density at radius 2 is 2.05 bits per heavy atom. The SMILES string of the molecule is N#Cc1c(N)ccnc1-c1ccc2nc(O)ncc2c1. The van der Waals surface area contributed by atoms with Gasteiger partial charge in [-0.2, -0.15) is 10.2 Å². The highest BCUT2D eigenvalue weighted by Crippen LogP contribution is 2.27. The van der Waals surface area contributed by atoms with Crippen LogP contribution in [-0.4, -0.2) is 20.1 Å². The van der Waals surface area contributed by atoms with Gasteiger partial charge in [0.1, 0.15) is 11.6 Å². The molecule has 96 valence electrons. The number of pyridine rings is 1. The van der Waals surface area contributed by atoms with Crippen molar-refractivity contribution in [3.05, 3.63) is 42.2 Å². The lowest BCUT2D eigenvalue weighted by Gasteiger charge is -2.06. The number of hydrogen-bond acceptors (Lipinski definition) is 6. The molecule has 6 nitrogen and oxygen atoms in total. The van der Waals surface area contributed by atoms with Crippen LogP contribution >= 0.6 is 0 Å². The van der Waals surface area contributed by atoms with Crippen LogP contribution in [-0.2, 0) is 0 Å². The first kappa shape index (κ1) is 11.9. The van der Waals surface area contributed by atoms with E-state index in [4.69, 9.17) is 5.73 Å². The molecule has 0 saturated heterocycles. The Hall–Kier alpha value is -3.20. The van der Waals surface area contributed by atoms with Crippen molar-refractivity contribution in [3.8, 4) is 23.3 Å². The van der Waals surface area contributed by atoms with Crippen molar-refractivity contribution in [3.63, 3.8) is 0 Å². The van der Waals surface area contributed by atoms with Crippen LogP contribution in [0.2, 0.25) is 0 Å². The summed E-state index contributed by atoms with van der Waals surface area (Å²) >= 11 is 0. The zero-order valence-electron chi connectivity index (χ0n) is 10.3. The fourth-order valence-corrected chi connectivity index (χ4v) is 1.98. The molecule has 0 aliphatic carbocycles. The van der Waals surface area contributed by atoms with Crippen LogP contribution in [0, 0.1) is 11.3 Å². The fraction of sp³-hybridized carbons (Fsp3) is 0. The predicted molar refractivity (Wildman–Crippen MR) is 73.6 cm³/mol. The molecular weight excluding hydrogens is 254 g/mol. The monoisotopic (exact) mass is 263 g/mol. The number of nitrogens with zero attached hydrogens (tertiary/aromatic N) is 4. The number of anilines is 1. The Kier molecular flexibility index (Phi) is 2.66. The second-order valence-electron chi connectivity index (χ2n) is 4.18. The molecule has 3 aromatic rings. The van der Waals surface area contributed by atoms with Crippen molar-refractivity contribution in [1.82, 2.24) is 15.0 Å². The molecule has 0 bridgehead atoms. The second kappa shape index (κ2) is 4.48. The average molecular weight is 263 g/mol. The molecule has 0 aliphatic heterocycles. The number of nitrogens with two attached hydrogens (primary N) is 1. The van der Waals surface area contributed by atoms with E-state index >= 15 is 0 Å². The molecule has 6 heteroatoms. The molecule has 0 radical (unpaired) electrons. The summed E-state index contributed by atoms with van der Waals surface area (Å²) in [6.07, 6.45) is 3.07. The van der Waals surface area contributed by atoms with Crippen molar-refractivity contribution in [2.24, 2.45) is 0 Å². The molecule has 0 aliphatic rings. The van der Waals surface area contributed by atoms with Gasteiger partial charge in [0, 0.05) is 23.3 Å². The number of hydrogen-bond donors (Lipinski definition) is 2. The van der Waals surface area contributed by atoms with Crippen molar-refractivity contribution in [2.45, 2.75) is 0 Å². The number of rotatable bonds is 1. The van der Waals surface area contributed by atoms with Gasteiger partial charge in [0.15, 0.2) is 0 Å². The van der Waals surface area contributed by atoms with E-state index in [1.54, 1.807) is 30.5 Å². The van der Waals surface area contributed by atoms with Gasteiger partial charge in [0.05, 0.1) is 16.9 Å². The van der Waals surface area contributed by atoms with Gasteiger partial charge in [0.25, 0.3) is 0 Å². The first-order valence-electron chi connectivity index (χ1n) is 5.80. The minimum absolute atomic E-state index is 0.273. The minimum atomic E-state index is -0.273. The Morgan fingerprint density at radius 3 is 2.85 bits per heavy atom. The summed E-state index contributed by atoms with van der Waals surface area (Å²) in [7, 11) is 0. The highest BCUT2D eigenvalue weighted by atomic mass is 16.3. The van der Waals surface area contributed by atoms with E-state index in [0.29, 0.717) is 22.5 Å². The summed E-state index contributed by atoms with van der Waals surface area (Å²) in [5.74, 6) is 0. The van der Waals surface area contributed by atoms with Crippen molar-refractivity contribution in [2.75, 3.05) is 5.73 Å². The van der Waals surface area contributed by atoms with Crippen LogP contribution in [0.1, 0.15) is 5.56 Å². The molecule has 0 atom stereocenters.